The molecule has 0 radical (unpaired) electrons. The van der Waals surface area contributed by atoms with Gasteiger partial charge in [0.05, 0.1) is 22.3 Å². The summed E-state index contributed by atoms with van der Waals surface area (Å²) < 4.78 is 1.68. The summed E-state index contributed by atoms with van der Waals surface area (Å²) in [6.45, 7) is 2.74. The lowest BCUT2D eigenvalue weighted by Crippen LogP contribution is -2.31. The number of anilines is 1. The lowest BCUT2D eigenvalue weighted by Gasteiger charge is -2.27. The van der Waals surface area contributed by atoms with Crippen LogP contribution in [0.25, 0.3) is 21.9 Å². The van der Waals surface area contributed by atoms with Crippen LogP contribution in [0.15, 0.2) is 47.4 Å². The number of benzene rings is 1. The SMILES string of the molecule is Cc1nc(N2CCCC2c2nc3ccccc3c(=O)n2C)c2cccnc2n1. The van der Waals surface area contributed by atoms with Crippen LogP contribution in [0.5, 0.6) is 0 Å². The van der Waals surface area contributed by atoms with Gasteiger partial charge in [-0.2, -0.15) is 0 Å². The molecule has 4 aromatic rings. The number of fused-ring (bicyclic) bond motifs is 2. The highest BCUT2D eigenvalue weighted by Gasteiger charge is 2.32. The fraction of sp³-hybridized carbons (Fsp3) is 0.286. The van der Waals surface area contributed by atoms with Gasteiger partial charge in [0.15, 0.2) is 5.65 Å². The molecule has 1 aromatic carbocycles. The topological polar surface area (TPSA) is 76.8 Å². The Morgan fingerprint density at radius 3 is 2.75 bits per heavy atom. The molecule has 4 heterocycles. The van der Waals surface area contributed by atoms with Crippen molar-refractivity contribution in [2.75, 3.05) is 11.4 Å². The van der Waals surface area contributed by atoms with E-state index in [-0.39, 0.29) is 11.6 Å². The molecule has 1 saturated heterocycles. The van der Waals surface area contributed by atoms with Crippen LogP contribution in [-0.4, -0.2) is 31.0 Å². The molecular weight excluding hydrogens is 352 g/mol. The number of hydrogen-bond donors (Lipinski definition) is 0. The Morgan fingerprint density at radius 1 is 1.04 bits per heavy atom. The van der Waals surface area contributed by atoms with Crippen LogP contribution in [-0.2, 0) is 7.05 Å². The normalized spacial score (nSPS) is 16.9. The van der Waals surface area contributed by atoms with Gasteiger partial charge in [-0.05, 0) is 44.0 Å². The largest absolute Gasteiger partial charge is 0.346 e. The van der Waals surface area contributed by atoms with E-state index in [0.29, 0.717) is 16.9 Å². The summed E-state index contributed by atoms with van der Waals surface area (Å²) in [5.74, 6) is 2.32. The second-order valence-corrected chi connectivity index (χ2v) is 7.17. The highest BCUT2D eigenvalue weighted by Crippen LogP contribution is 2.37. The van der Waals surface area contributed by atoms with Gasteiger partial charge in [0, 0.05) is 19.8 Å². The van der Waals surface area contributed by atoms with Gasteiger partial charge in [0.1, 0.15) is 17.5 Å². The molecule has 0 bridgehead atoms. The van der Waals surface area contributed by atoms with E-state index in [9.17, 15) is 4.79 Å². The molecule has 0 spiro atoms. The maximum absolute atomic E-state index is 12.9. The summed E-state index contributed by atoms with van der Waals surface area (Å²) in [5.41, 5.74) is 1.41. The summed E-state index contributed by atoms with van der Waals surface area (Å²) in [7, 11) is 1.80. The molecule has 0 amide bonds. The fourth-order valence-electron chi connectivity index (χ4n) is 4.09. The zero-order chi connectivity index (χ0) is 19.3. The van der Waals surface area contributed by atoms with Gasteiger partial charge in [-0.3, -0.25) is 9.36 Å². The lowest BCUT2D eigenvalue weighted by atomic mass is 10.1. The average molecular weight is 372 g/mol. The number of hydrogen-bond acceptors (Lipinski definition) is 6. The van der Waals surface area contributed by atoms with Gasteiger partial charge in [0.2, 0.25) is 0 Å². The molecular formula is C21H20N6O. The molecule has 0 saturated carbocycles. The molecule has 1 aliphatic rings. The number of rotatable bonds is 2. The van der Waals surface area contributed by atoms with Crippen LogP contribution >= 0.6 is 0 Å². The van der Waals surface area contributed by atoms with Gasteiger partial charge in [-0.25, -0.2) is 19.9 Å². The molecule has 5 rings (SSSR count). The number of aryl methyl sites for hydroxylation is 1. The first-order valence-corrected chi connectivity index (χ1v) is 9.45. The minimum atomic E-state index is -0.0159. The number of aromatic nitrogens is 5. The number of nitrogens with zero attached hydrogens (tertiary/aromatic N) is 6. The van der Waals surface area contributed by atoms with Gasteiger partial charge in [-0.1, -0.05) is 12.1 Å². The van der Waals surface area contributed by atoms with Crippen molar-refractivity contribution >= 4 is 27.8 Å². The molecule has 0 aliphatic carbocycles. The first-order chi connectivity index (χ1) is 13.6. The third kappa shape index (κ3) is 2.54. The van der Waals surface area contributed by atoms with Crippen molar-refractivity contribution in [3.8, 4) is 0 Å². The van der Waals surface area contributed by atoms with Crippen LogP contribution in [0.4, 0.5) is 5.82 Å². The Bertz CT molecular complexity index is 1260. The molecule has 7 heteroatoms. The van der Waals surface area contributed by atoms with Crippen LogP contribution in [0.1, 0.15) is 30.5 Å². The van der Waals surface area contributed by atoms with E-state index in [0.717, 1.165) is 41.9 Å². The Labute approximate surface area is 161 Å². The van der Waals surface area contributed by atoms with Crippen molar-refractivity contribution in [3.05, 3.63) is 64.6 Å². The Hall–Kier alpha value is -3.35. The number of pyridine rings is 1. The van der Waals surface area contributed by atoms with Crippen LogP contribution < -0.4 is 10.5 Å². The summed E-state index contributed by atoms with van der Waals surface area (Å²) in [6.07, 6.45) is 3.68. The third-order valence-corrected chi connectivity index (χ3v) is 5.40. The highest BCUT2D eigenvalue weighted by molar-refractivity contribution is 5.87. The molecule has 0 N–H and O–H groups in total. The van der Waals surface area contributed by atoms with Crippen molar-refractivity contribution in [3.63, 3.8) is 0 Å². The summed E-state index contributed by atoms with van der Waals surface area (Å²) in [6, 6.07) is 11.4. The molecule has 1 fully saturated rings. The van der Waals surface area contributed by atoms with Crippen LogP contribution in [0.2, 0.25) is 0 Å². The van der Waals surface area contributed by atoms with Crippen LogP contribution in [0.3, 0.4) is 0 Å². The minimum Gasteiger partial charge on any atom is -0.346 e. The van der Waals surface area contributed by atoms with E-state index in [1.807, 2.05) is 43.3 Å². The van der Waals surface area contributed by atoms with E-state index in [2.05, 4.69) is 14.9 Å². The van der Waals surface area contributed by atoms with Gasteiger partial charge < -0.3 is 4.90 Å². The molecule has 1 unspecified atom stereocenters. The average Bonchev–Trinajstić information content (AvgIpc) is 3.19. The summed E-state index contributed by atoms with van der Waals surface area (Å²) >= 11 is 0. The predicted molar refractivity (Wildman–Crippen MR) is 108 cm³/mol. The first-order valence-electron chi connectivity index (χ1n) is 9.45. The Kier molecular flexibility index (Phi) is 3.82. The summed E-state index contributed by atoms with van der Waals surface area (Å²) in [4.78, 5) is 33.6. The molecule has 1 atom stereocenters. The van der Waals surface area contributed by atoms with E-state index in [1.165, 1.54) is 0 Å². The molecule has 7 nitrogen and oxygen atoms in total. The van der Waals surface area contributed by atoms with Gasteiger partial charge >= 0.3 is 0 Å². The van der Waals surface area contributed by atoms with Crippen LogP contribution in [0, 0.1) is 6.92 Å². The maximum Gasteiger partial charge on any atom is 0.261 e. The second-order valence-electron chi connectivity index (χ2n) is 7.17. The highest BCUT2D eigenvalue weighted by atomic mass is 16.1. The minimum absolute atomic E-state index is 0.0139. The predicted octanol–water partition coefficient (Wildman–Crippen LogP) is 2.92. The quantitative estimate of drug-likeness (QED) is 0.538. The molecule has 3 aromatic heterocycles. The smallest absolute Gasteiger partial charge is 0.261 e. The van der Waals surface area contributed by atoms with Crippen molar-refractivity contribution in [2.24, 2.45) is 7.05 Å². The molecule has 1 aliphatic heterocycles. The molecule has 28 heavy (non-hydrogen) atoms. The zero-order valence-corrected chi connectivity index (χ0v) is 15.8. The summed E-state index contributed by atoms with van der Waals surface area (Å²) in [5, 5.41) is 1.57. The van der Waals surface area contributed by atoms with Crippen molar-refractivity contribution in [1.29, 1.82) is 0 Å². The number of para-hydroxylation sites is 1. The maximum atomic E-state index is 12.9. The Morgan fingerprint density at radius 2 is 1.86 bits per heavy atom. The van der Waals surface area contributed by atoms with Crippen molar-refractivity contribution in [2.45, 2.75) is 25.8 Å². The van der Waals surface area contributed by atoms with E-state index >= 15 is 0 Å². The first kappa shape index (κ1) is 16.8. The lowest BCUT2D eigenvalue weighted by molar-refractivity contribution is 0.607. The van der Waals surface area contributed by atoms with Gasteiger partial charge in [-0.15, -0.1) is 0 Å². The second kappa shape index (κ2) is 6.37. The standard InChI is InChI=1S/C21H20N6O/c1-13-23-18-15(8-5-11-22-18)19(24-13)27-12-6-10-17(27)20-25-16-9-4-3-7-14(16)21(28)26(20)2/h3-5,7-9,11,17H,6,10,12H2,1-2H3. The Balaban J connectivity index is 1.70. The van der Waals surface area contributed by atoms with E-state index in [4.69, 9.17) is 9.97 Å². The molecule has 140 valence electrons. The van der Waals surface area contributed by atoms with E-state index in [1.54, 1.807) is 17.8 Å². The monoisotopic (exact) mass is 372 g/mol. The van der Waals surface area contributed by atoms with Crippen molar-refractivity contribution in [1.82, 2.24) is 24.5 Å². The fourth-order valence-corrected chi connectivity index (χ4v) is 4.09. The van der Waals surface area contributed by atoms with Crippen molar-refractivity contribution < 1.29 is 0 Å². The van der Waals surface area contributed by atoms with E-state index < -0.39 is 0 Å². The zero-order valence-electron chi connectivity index (χ0n) is 15.8. The third-order valence-electron chi connectivity index (χ3n) is 5.40. The van der Waals surface area contributed by atoms with Gasteiger partial charge in [0.25, 0.3) is 5.56 Å².